The molecule has 4 rings (SSSR count). The van der Waals surface area contributed by atoms with Crippen LogP contribution in [0.3, 0.4) is 0 Å². The summed E-state index contributed by atoms with van der Waals surface area (Å²) >= 11 is 1.47. The summed E-state index contributed by atoms with van der Waals surface area (Å²) in [6.45, 7) is 4.68. The third-order valence-corrected chi connectivity index (χ3v) is 5.34. The fourth-order valence-electron chi connectivity index (χ4n) is 3.22. The van der Waals surface area contributed by atoms with Crippen LogP contribution in [0.2, 0.25) is 0 Å². The van der Waals surface area contributed by atoms with Gasteiger partial charge >= 0.3 is 0 Å². The van der Waals surface area contributed by atoms with Gasteiger partial charge in [0, 0.05) is 23.3 Å². The summed E-state index contributed by atoms with van der Waals surface area (Å²) in [5.74, 6) is 3.61. The molecule has 1 aliphatic rings. The highest BCUT2D eigenvalue weighted by Crippen LogP contribution is 2.38. The molecule has 1 aliphatic heterocycles. The van der Waals surface area contributed by atoms with E-state index in [9.17, 15) is 0 Å². The Morgan fingerprint density at radius 1 is 1.18 bits per heavy atom. The van der Waals surface area contributed by atoms with Gasteiger partial charge in [0.05, 0.1) is 19.3 Å². The average Bonchev–Trinajstić information content (AvgIpc) is 3.31. The largest absolute Gasteiger partial charge is 0.496 e. The minimum atomic E-state index is 0.201. The molecule has 0 radical (unpaired) electrons. The molecule has 146 valence electrons. The molecule has 0 saturated heterocycles. The summed E-state index contributed by atoms with van der Waals surface area (Å²) in [5, 5.41) is 8.82. The van der Waals surface area contributed by atoms with Crippen LogP contribution >= 0.6 is 11.8 Å². The number of nitrogens with zero attached hydrogens (tertiary/aromatic N) is 2. The molecule has 0 spiro atoms. The third kappa shape index (κ3) is 3.80. The number of aromatic nitrogens is 2. The van der Waals surface area contributed by atoms with E-state index in [0.29, 0.717) is 29.2 Å². The van der Waals surface area contributed by atoms with Crippen LogP contribution in [-0.4, -0.2) is 30.0 Å². The van der Waals surface area contributed by atoms with Crippen LogP contribution in [0, 0.1) is 0 Å². The number of rotatable bonds is 7. The molecule has 28 heavy (non-hydrogen) atoms. The van der Waals surface area contributed by atoms with E-state index < -0.39 is 0 Å². The van der Waals surface area contributed by atoms with Crippen molar-refractivity contribution in [1.82, 2.24) is 10.2 Å². The summed E-state index contributed by atoms with van der Waals surface area (Å²) in [7, 11) is 1.62. The lowest BCUT2D eigenvalue weighted by atomic mass is 10.1. The molecule has 2 aromatic carbocycles. The summed E-state index contributed by atoms with van der Waals surface area (Å²) < 4.78 is 22.9. The lowest BCUT2D eigenvalue weighted by molar-refractivity contribution is 0.254. The summed E-state index contributed by atoms with van der Waals surface area (Å²) in [6, 6.07) is 11.7. The molecule has 0 fully saturated rings. The van der Waals surface area contributed by atoms with E-state index in [1.54, 1.807) is 7.11 Å². The van der Waals surface area contributed by atoms with Gasteiger partial charge in [0.25, 0.3) is 11.1 Å². The Morgan fingerprint density at radius 3 is 2.86 bits per heavy atom. The number of hydrogen-bond donors (Lipinski definition) is 0. The normalized spacial score (nSPS) is 15.2. The summed E-state index contributed by atoms with van der Waals surface area (Å²) in [6.07, 6.45) is 1.11. The summed E-state index contributed by atoms with van der Waals surface area (Å²) in [5.41, 5.74) is 3.02. The molecule has 0 aliphatic carbocycles. The number of ether oxygens (including phenoxy) is 3. The topological polar surface area (TPSA) is 66.6 Å². The molecule has 1 aromatic heterocycles. The number of para-hydroxylation sites is 1. The number of benzene rings is 2. The SMILES string of the molecule is CCOc1cc2c(cc1CSc1nnc(-c3ccccc3OC)o1)O[C@H](C)C2. The smallest absolute Gasteiger partial charge is 0.277 e. The number of hydrogen-bond acceptors (Lipinski definition) is 7. The first-order valence-electron chi connectivity index (χ1n) is 9.23. The molecule has 2 heterocycles. The second-order valence-corrected chi connectivity index (χ2v) is 7.42. The Morgan fingerprint density at radius 2 is 2.04 bits per heavy atom. The van der Waals surface area contributed by atoms with E-state index >= 15 is 0 Å². The Hall–Kier alpha value is -2.67. The molecule has 3 aromatic rings. The highest BCUT2D eigenvalue weighted by atomic mass is 32.2. The Bertz CT molecular complexity index is 973. The fourth-order valence-corrected chi connectivity index (χ4v) is 3.96. The molecule has 0 N–H and O–H groups in total. The Balaban J connectivity index is 1.52. The molecule has 0 bridgehead atoms. The van der Waals surface area contributed by atoms with Gasteiger partial charge in [0.2, 0.25) is 0 Å². The van der Waals surface area contributed by atoms with Crippen LogP contribution in [0.25, 0.3) is 11.5 Å². The minimum Gasteiger partial charge on any atom is -0.496 e. The van der Waals surface area contributed by atoms with Crippen LogP contribution < -0.4 is 14.2 Å². The Labute approximate surface area is 168 Å². The lowest BCUT2D eigenvalue weighted by Gasteiger charge is -2.11. The lowest BCUT2D eigenvalue weighted by Crippen LogP contribution is -2.05. The molecule has 6 nitrogen and oxygen atoms in total. The van der Waals surface area contributed by atoms with Crippen molar-refractivity contribution in [1.29, 1.82) is 0 Å². The van der Waals surface area contributed by atoms with Gasteiger partial charge in [0.15, 0.2) is 0 Å². The molecule has 0 saturated carbocycles. The molecular weight excluding hydrogens is 376 g/mol. The van der Waals surface area contributed by atoms with Gasteiger partial charge < -0.3 is 18.6 Å². The number of thioether (sulfide) groups is 1. The van der Waals surface area contributed by atoms with Crippen LogP contribution in [-0.2, 0) is 12.2 Å². The maximum Gasteiger partial charge on any atom is 0.277 e. The van der Waals surface area contributed by atoms with Crippen molar-refractivity contribution in [2.24, 2.45) is 0 Å². The minimum absolute atomic E-state index is 0.201. The van der Waals surface area contributed by atoms with Gasteiger partial charge in [-0.25, -0.2) is 0 Å². The molecular formula is C21H22N2O4S. The van der Waals surface area contributed by atoms with Crippen molar-refractivity contribution in [3.8, 4) is 28.7 Å². The molecule has 0 amide bonds. The van der Waals surface area contributed by atoms with Crippen molar-refractivity contribution in [3.63, 3.8) is 0 Å². The third-order valence-electron chi connectivity index (χ3n) is 4.47. The second kappa shape index (κ2) is 8.14. The van der Waals surface area contributed by atoms with E-state index in [-0.39, 0.29) is 6.10 Å². The Kier molecular flexibility index (Phi) is 5.43. The number of fused-ring (bicyclic) bond motifs is 1. The average molecular weight is 398 g/mol. The van der Waals surface area contributed by atoms with E-state index in [1.165, 1.54) is 17.3 Å². The molecule has 1 atom stereocenters. The van der Waals surface area contributed by atoms with Crippen LogP contribution in [0.4, 0.5) is 0 Å². The van der Waals surface area contributed by atoms with Gasteiger partial charge in [-0.2, -0.15) is 0 Å². The zero-order chi connectivity index (χ0) is 19.5. The second-order valence-electron chi connectivity index (χ2n) is 6.50. The highest BCUT2D eigenvalue weighted by Gasteiger charge is 2.22. The van der Waals surface area contributed by atoms with Crippen molar-refractivity contribution in [2.75, 3.05) is 13.7 Å². The van der Waals surface area contributed by atoms with Gasteiger partial charge in [0.1, 0.15) is 23.4 Å². The summed E-state index contributed by atoms with van der Waals surface area (Å²) in [4.78, 5) is 0. The first kappa shape index (κ1) is 18.7. The highest BCUT2D eigenvalue weighted by molar-refractivity contribution is 7.98. The van der Waals surface area contributed by atoms with Crippen molar-refractivity contribution in [2.45, 2.75) is 37.3 Å². The van der Waals surface area contributed by atoms with Gasteiger partial charge in [-0.1, -0.05) is 23.9 Å². The van der Waals surface area contributed by atoms with Crippen LogP contribution in [0.1, 0.15) is 25.0 Å². The van der Waals surface area contributed by atoms with E-state index in [4.69, 9.17) is 18.6 Å². The first-order valence-corrected chi connectivity index (χ1v) is 10.2. The fraction of sp³-hybridized carbons (Fsp3) is 0.333. The molecule has 7 heteroatoms. The van der Waals surface area contributed by atoms with E-state index in [1.807, 2.05) is 31.2 Å². The first-order chi connectivity index (χ1) is 13.7. The van der Waals surface area contributed by atoms with Crippen molar-refractivity contribution < 1.29 is 18.6 Å². The van der Waals surface area contributed by atoms with E-state index in [2.05, 4.69) is 29.3 Å². The number of methoxy groups -OCH3 is 1. The van der Waals surface area contributed by atoms with Crippen LogP contribution in [0.5, 0.6) is 17.2 Å². The zero-order valence-electron chi connectivity index (χ0n) is 16.1. The quantitative estimate of drug-likeness (QED) is 0.532. The van der Waals surface area contributed by atoms with Crippen LogP contribution in [0.15, 0.2) is 46.0 Å². The standard InChI is InChI=1S/C21H22N2O4S/c1-4-25-18-10-14-9-13(2)26-19(14)11-15(18)12-28-21-23-22-20(27-21)16-7-5-6-8-17(16)24-3/h5-8,10-11,13H,4,9,12H2,1-3H3/t13-/m1/s1. The maximum absolute atomic E-state index is 5.89. The van der Waals surface area contributed by atoms with Gasteiger partial charge in [-0.3, -0.25) is 0 Å². The monoisotopic (exact) mass is 398 g/mol. The van der Waals surface area contributed by atoms with Crippen molar-refractivity contribution >= 4 is 11.8 Å². The zero-order valence-corrected chi connectivity index (χ0v) is 16.9. The van der Waals surface area contributed by atoms with E-state index in [0.717, 1.165) is 29.0 Å². The van der Waals surface area contributed by atoms with Crippen molar-refractivity contribution in [3.05, 3.63) is 47.5 Å². The molecule has 0 unspecified atom stereocenters. The van der Waals surface area contributed by atoms with Gasteiger partial charge in [-0.05, 0) is 38.1 Å². The predicted octanol–water partition coefficient (Wildman–Crippen LogP) is 4.76. The maximum atomic E-state index is 5.89. The predicted molar refractivity (Wildman–Crippen MR) is 107 cm³/mol. The van der Waals surface area contributed by atoms with Gasteiger partial charge in [-0.15, -0.1) is 10.2 Å².